The Kier molecular flexibility index (Phi) is 4.69. The Morgan fingerprint density at radius 1 is 0.870 bits per heavy atom. The molecule has 3 heteroatoms. The van der Waals surface area contributed by atoms with Gasteiger partial charge >= 0.3 is 5.97 Å². The summed E-state index contributed by atoms with van der Waals surface area (Å²) in [7, 11) is 0. The summed E-state index contributed by atoms with van der Waals surface area (Å²) in [5.74, 6) is -0.825. The summed E-state index contributed by atoms with van der Waals surface area (Å²) < 4.78 is 0. The molecule has 0 amide bonds. The Hall–Kier alpha value is -2.65. The Morgan fingerprint density at radius 2 is 1.57 bits per heavy atom. The first-order valence-electron chi connectivity index (χ1n) is 7.70. The molecule has 0 aromatic heterocycles. The highest BCUT2D eigenvalue weighted by Gasteiger charge is 2.17. The number of carbonyl (C=O) groups is 1. The van der Waals surface area contributed by atoms with Crippen molar-refractivity contribution >= 4 is 16.7 Å². The Bertz CT molecular complexity index is 799. The zero-order valence-electron chi connectivity index (χ0n) is 12.8. The molecule has 2 N–H and O–H groups in total. The van der Waals surface area contributed by atoms with Crippen LogP contribution in [0.15, 0.2) is 72.8 Å². The SMILES string of the molecule is O=C(O)[C@H](Cc1ccc2ccccc2c1)NCc1ccccc1. The van der Waals surface area contributed by atoms with Gasteiger partial charge in [0.15, 0.2) is 0 Å². The Morgan fingerprint density at radius 3 is 2.30 bits per heavy atom. The molecule has 0 heterocycles. The van der Waals surface area contributed by atoms with Crippen LogP contribution in [0.2, 0.25) is 0 Å². The van der Waals surface area contributed by atoms with Crippen molar-refractivity contribution in [2.45, 2.75) is 19.0 Å². The molecule has 3 aromatic rings. The van der Waals surface area contributed by atoms with Gasteiger partial charge in [0.2, 0.25) is 0 Å². The van der Waals surface area contributed by atoms with E-state index in [0.717, 1.165) is 16.5 Å². The lowest BCUT2D eigenvalue weighted by Gasteiger charge is -2.15. The highest BCUT2D eigenvalue weighted by molar-refractivity contribution is 5.83. The van der Waals surface area contributed by atoms with Gasteiger partial charge in [0.1, 0.15) is 6.04 Å². The quantitative estimate of drug-likeness (QED) is 0.731. The first-order chi connectivity index (χ1) is 11.2. The van der Waals surface area contributed by atoms with E-state index in [1.807, 2.05) is 60.7 Å². The molecule has 3 nitrogen and oxygen atoms in total. The first kappa shape index (κ1) is 15.3. The largest absolute Gasteiger partial charge is 0.480 e. The van der Waals surface area contributed by atoms with Crippen LogP contribution >= 0.6 is 0 Å². The van der Waals surface area contributed by atoms with E-state index in [-0.39, 0.29) is 0 Å². The lowest BCUT2D eigenvalue weighted by molar-refractivity contribution is -0.139. The predicted molar refractivity (Wildman–Crippen MR) is 92.4 cm³/mol. The highest BCUT2D eigenvalue weighted by atomic mass is 16.4. The molecule has 3 aromatic carbocycles. The maximum Gasteiger partial charge on any atom is 0.321 e. The normalized spacial score (nSPS) is 12.2. The third-order valence-corrected chi connectivity index (χ3v) is 3.95. The van der Waals surface area contributed by atoms with Crippen LogP contribution in [0.4, 0.5) is 0 Å². The molecule has 116 valence electrons. The van der Waals surface area contributed by atoms with Gasteiger partial charge < -0.3 is 10.4 Å². The fraction of sp³-hybridized carbons (Fsp3) is 0.150. The zero-order chi connectivity index (χ0) is 16.1. The van der Waals surface area contributed by atoms with Crippen molar-refractivity contribution in [1.82, 2.24) is 5.32 Å². The molecule has 0 spiro atoms. The fourth-order valence-corrected chi connectivity index (χ4v) is 2.69. The van der Waals surface area contributed by atoms with E-state index in [0.29, 0.717) is 13.0 Å². The van der Waals surface area contributed by atoms with Crippen molar-refractivity contribution in [3.63, 3.8) is 0 Å². The average Bonchev–Trinajstić information content (AvgIpc) is 2.59. The summed E-state index contributed by atoms with van der Waals surface area (Å²) in [5.41, 5.74) is 2.11. The van der Waals surface area contributed by atoms with E-state index >= 15 is 0 Å². The van der Waals surface area contributed by atoms with Gasteiger partial charge in [0.25, 0.3) is 0 Å². The van der Waals surface area contributed by atoms with Crippen LogP contribution in [0.3, 0.4) is 0 Å². The minimum Gasteiger partial charge on any atom is -0.480 e. The second-order valence-corrected chi connectivity index (χ2v) is 5.64. The maximum atomic E-state index is 11.5. The van der Waals surface area contributed by atoms with Crippen molar-refractivity contribution in [2.75, 3.05) is 0 Å². The lowest BCUT2D eigenvalue weighted by Crippen LogP contribution is -2.38. The van der Waals surface area contributed by atoms with E-state index in [4.69, 9.17) is 0 Å². The molecule has 0 unspecified atom stereocenters. The van der Waals surface area contributed by atoms with Gasteiger partial charge in [0.05, 0.1) is 0 Å². The number of benzene rings is 3. The van der Waals surface area contributed by atoms with Gasteiger partial charge in [-0.15, -0.1) is 0 Å². The van der Waals surface area contributed by atoms with E-state index in [1.54, 1.807) is 0 Å². The molecule has 3 rings (SSSR count). The van der Waals surface area contributed by atoms with Crippen molar-refractivity contribution in [3.8, 4) is 0 Å². The monoisotopic (exact) mass is 305 g/mol. The van der Waals surface area contributed by atoms with Crippen LogP contribution < -0.4 is 5.32 Å². The number of hydrogen-bond donors (Lipinski definition) is 2. The molecule has 0 aliphatic rings. The van der Waals surface area contributed by atoms with Gasteiger partial charge in [-0.05, 0) is 28.3 Å². The standard InChI is InChI=1S/C20H19NO2/c22-20(23)19(21-14-15-6-2-1-3-7-15)13-16-10-11-17-8-4-5-9-18(17)12-16/h1-12,19,21H,13-14H2,(H,22,23)/t19-/m0/s1. The maximum absolute atomic E-state index is 11.5. The number of rotatable bonds is 6. The van der Waals surface area contributed by atoms with E-state index in [9.17, 15) is 9.90 Å². The third-order valence-electron chi connectivity index (χ3n) is 3.95. The smallest absolute Gasteiger partial charge is 0.321 e. The molecular formula is C20H19NO2. The first-order valence-corrected chi connectivity index (χ1v) is 7.70. The van der Waals surface area contributed by atoms with Gasteiger partial charge in [-0.2, -0.15) is 0 Å². The summed E-state index contributed by atoms with van der Waals surface area (Å²) >= 11 is 0. The van der Waals surface area contributed by atoms with Crippen molar-refractivity contribution in [2.24, 2.45) is 0 Å². The number of carboxylic acid groups (broad SMARTS) is 1. The van der Waals surface area contributed by atoms with E-state index < -0.39 is 12.0 Å². The zero-order valence-corrected chi connectivity index (χ0v) is 12.8. The molecular weight excluding hydrogens is 286 g/mol. The summed E-state index contributed by atoms with van der Waals surface area (Å²) in [5, 5.41) is 14.9. The number of hydrogen-bond acceptors (Lipinski definition) is 2. The molecule has 0 fully saturated rings. The van der Waals surface area contributed by atoms with E-state index in [2.05, 4.69) is 17.4 Å². The number of nitrogens with one attached hydrogen (secondary N) is 1. The summed E-state index contributed by atoms with van der Waals surface area (Å²) in [6, 6.07) is 23.4. The average molecular weight is 305 g/mol. The molecule has 0 aliphatic heterocycles. The number of carboxylic acids is 1. The molecule has 0 saturated heterocycles. The molecule has 0 bridgehead atoms. The van der Waals surface area contributed by atoms with Gasteiger partial charge in [0, 0.05) is 6.54 Å². The van der Waals surface area contributed by atoms with Gasteiger partial charge in [-0.1, -0.05) is 72.8 Å². The number of fused-ring (bicyclic) bond motifs is 1. The van der Waals surface area contributed by atoms with Crippen molar-refractivity contribution in [3.05, 3.63) is 83.9 Å². The molecule has 1 atom stereocenters. The van der Waals surface area contributed by atoms with Crippen LogP contribution in [0.1, 0.15) is 11.1 Å². The molecule has 23 heavy (non-hydrogen) atoms. The summed E-state index contributed by atoms with van der Waals surface area (Å²) in [4.78, 5) is 11.5. The third kappa shape index (κ3) is 3.96. The van der Waals surface area contributed by atoms with E-state index in [1.165, 1.54) is 5.39 Å². The lowest BCUT2D eigenvalue weighted by atomic mass is 10.0. The fourth-order valence-electron chi connectivity index (χ4n) is 2.69. The predicted octanol–water partition coefficient (Wildman–Crippen LogP) is 3.63. The summed E-state index contributed by atoms with van der Waals surface area (Å²) in [6.07, 6.45) is 0.465. The highest BCUT2D eigenvalue weighted by Crippen LogP contribution is 2.17. The Balaban J connectivity index is 1.72. The second-order valence-electron chi connectivity index (χ2n) is 5.64. The number of aliphatic carboxylic acids is 1. The molecule has 0 radical (unpaired) electrons. The molecule has 0 aliphatic carbocycles. The molecule has 0 saturated carbocycles. The van der Waals surface area contributed by atoms with Crippen LogP contribution in [0, 0.1) is 0 Å². The Labute approximate surface area is 135 Å². The van der Waals surface area contributed by atoms with Crippen LogP contribution in [-0.2, 0) is 17.8 Å². The summed E-state index contributed by atoms with van der Waals surface area (Å²) in [6.45, 7) is 0.547. The van der Waals surface area contributed by atoms with Crippen LogP contribution in [0.25, 0.3) is 10.8 Å². The second kappa shape index (κ2) is 7.07. The van der Waals surface area contributed by atoms with Crippen molar-refractivity contribution < 1.29 is 9.90 Å². The van der Waals surface area contributed by atoms with Gasteiger partial charge in [-0.3, -0.25) is 4.79 Å². The van der Waals surface area contributed by atoms with Crippen LogP contribution in [-0.4, -0.2) is 17.1 Å². The minimum absolute atomic E-state index is 0.465. The van der Waals surface area contributed by atoms with Crippen molar-refractivity contribution in [1.29, 1.82) is 0 Å². The van der Waals surface area contributed by atoms with Crippen LogP contribution in [0.5, 0.6) is 0 Å². The van der Waals surface area contributed by atoms with Gasteiger partial charge in [-0.25, -0.2) is 0 Å². The minimum atomic E-state index is -0.825. The topological polar surface area (TPSA) is 49.3 Å².